The van der Waals surface area contributed by atoms with Crippen LogP contribution in [-0.2, 0) is 4.79 Å². The van der Waals surface area contributed by atoms with Gasteiger partial charge in [0.25, 0.3) is 5.69 Å². The quantitative estimate of drug-likeness (QED) is 0.563. The van der Waals surface area contributed by atoms with E-state index in [9.17, 15) is 14.9 Å². The molecule has 0 aliphatic heterocycles. The van der Waals surface area contributed by atoms with Gasteiger partial charge in [0, 0.05) is 12.5 Å². The highest BCUT2D eigenvalue weighted by molar-refractivity contribution is 5.79. The minimum Gasteiger partial charge on any atom is -0.485 e. The average molecular weight is 237 g/mol. The molecule has 0 spiro atoms. The first-order valence-electron chi connectivity index (χ1n) is 5.44. The van der Waals surface area contributed by atoms with E-state index >= 15 is 0 Å². The third-order valence-corrected chi connectivity index (χ3v) is 2.37. The molecule has 0 heterocycles. The number of nitro benzene ring substituents is 1. The predicted octanol–water partition coefficient (Wildman–Crippen LogP) is 2.65. The van der Waals surface area contributed by atoms with Gasteiger partial charge < -0.3 is 4.74 Å². The van der Waals surface area contributed by atoms with Crippen LogP contribution in [0.5, 0.6) is 5.75 Å². The maximum atomic E-state index is 11.3. The number of benzene rings is 1. The Morgan fingerprint density at radius 3 is 2.76 bits per heavy atom. The number of Topliss-reactive ketones (excluding diaryl/α,β-unsaturated/α-hetero) is 1. The van der Waals surface area contributed by atoms with Crippen LogP contribution in [0.4, 0.5) is 5.69 Å². The van der Waals surface area contributed by atoms with Crippen LogP contribution in [0.3, 0.4) is 0 Å². The van der Waals surface area contributed by atoms with Gasteiger partial charge in [0.2, 0.25) is 0 Å². The Morgan fingerprint density at radius 1 is 1.47 bits per heavy atom. The van der Waals surface area contributed by atoms with E-state index in [1.807, 2.05) is 6.92 Å². The second kappa shape index (κ2) is 5.98. The van der Waals surface area contributed by atoms with Crippen LogP contribution in [0.1, 0.15) is 25.3 Å². The third kappa shape index (κ3) is 3.55. The molecule has 0 aliphatic carbocycles. The zero-order chi connectivity index (χ0) is 12.8. The lowest BCUT2D eigenvalue weighted by molar-refractivity contribution is -0.385. The largest absolute Gasteiger partial charge is 0.485 e. The summed E-state index contributed by atoms with van der Waals surface area (Å²) in [6.45, 7) is 3.49. The molecule has 0 saturated heterocycles. The molecular weight excluding hydrogens is 222 g/mol. The lowest BCUT2D eigenvalue weighted by Gasteiger charge is -2.08. The van der Waals surface area contributed by atoms with Crippen LogP contribution < -0.4 is 4.74 Å². The standard InChI is InChI=1S/C12H15NO4/c1-3-5-10(14)8-17-12-7-4-6-11(9(12)2)13(15)16/h4,6-7H,3,5,8H2,1-2H3. The fourth-order valence-electron chi connectivity index (χ4n) is 1.47. The molecule has 0 radical (unpaired) electrons. The maximum absolute atomic E-state index is 11.3. The summed E-state index contributed by atoms with van der Waals surface area (Å²) in [5.74, 6) is 0.391. The van der Waals surface area contributed by atoms with E-state index in [2.05, 4.69) is 0 Å². The van der Waals surface area contributed by atoms with E-state index in [0.29, 0.717) is 17.7 Å². The van der Waals surface area contributed by atoms with Crippen LogP contribution in [0.15, 0.2) is 18.2 Å². The molecule has 0 N–H and O–H groups in total. The van der Waals surface area contributed by atoms with E-state index in [1.165, 1.54) is 6.07 Å². The number of hydrogen-bond acceptors (Lipinski definition) is 4. The molecule has 0 unspecified atom stereocenters. The molecule has 0 fully saturated rings. The molecular formula is C12H15NO4. The fourth-order valence-corrected chi connectivity index (χ4v) is 1.47. The van der Waals surface area contributed by atoms with Gasteiger partial charge in [-0.3, -0.25) is 14.9 Å². The molecule has 0 aromatic heterocycles. The van der Waals surface area contributed by atoms with Gasteiger partial charge in [-0.2, -0.15) is 0 Å². The monoisotopic (exact) mass is 237 g/mol. The summed E-state index contributed by atoms with van der Waals surface area (Å²) >= 11 is 0. The molecule has 0 aliphatic rings. The SMILES string of the molecule is CCCC(=O)COc1cccc([N+](=O)[O-])c1C. The minimum atomic E-state index is -0.462. The summed E-state index contributed by atoms with van der Waals surface area (Å²) in [5.41, 5.74) is 0.451. The van der Waals surface area contributed by atoms with Crippen molar-refractivity contribution in [3.63, 3.8) is 0 Å². The number of carbonyl (C=O) groups excluding carboxylic acids is 1. The topological polar surface area (TPSA) is 69.4 Å². The molecule has 17 heavy (non-hydrogen) atoms. The Bertz CT molecular complexity index is 429. The van der Waals surface area contributed by atoms with Crippen LogP contribution in [0.2, 0.25) is 0 Å². The van der Waals surface area contributed by atoms with Gasteiger partial charge in [-0.1, -0.05) is 13.0 Å². The van der Waals surface area contributed by atoms with E-state index in [-0.39, 0.29) is 18.1 Å². The highest BCUT2D eigenvalue weighted by Gasteiger charge is 2.14. The number of carbonyl (C=O) groups is 1. The van der Waals surface area contributed by atoms with Crippen LogP contribution in [-0.4, -0.2) is 17.3 Å². The fraction of sp³-hybridized carbons (Fsp3) is 0.417. The third-order valence-electron chi connectivity index (χ3n) is 2.37. The molecule has 1 aromatic rings. The van der Waals surface area contributed by atoms with Crippen LogP contribution >= 0.6 is 0 Å². The number of ketones is 1. The van der Waals surface area contributed by atoms with Gasteiger partial charge in [0.05, 0.1) is 10.5 Å². The Morgan fingerprint density at radius 2 is 2.18 bits per heavy atom. The van der Waals surface area contributed by atoms with E-state index < -0.39 is 4.92 Å². The van der Waals surface area contributed by atoms with Crippen molar-refractivity contribution < 1.29 is 14.5 Å². The predicted molar refractivity (Wildman–Crippen MR) is 63.2 cm³/mol. The smallest absolute Gasteiger partial charge is 0.276 e. The molecule has 1 aromatic carbocycles. The lowest BCUT2D eigenvalue weighted by atomic mass is 10.2. The van der Waals surface area contributed by atoms with Crippen molar-refractivity contribution in [3.05, 3.63) is 33.9 Å². The zero-order valence-corrected chi connectivity index (χ0v) is 9.93. The average Bonchev–Trinajstić information content (AvgIpc) is 2.27. The Kier molecular flexibility index (Phi) is 4.63. The second-order valence-corrected chi connectivity index (χ2v) is 3.73. The summed E-state index contributed by atoms with van der Waals surface area (Å²) in [4.78, 5) is 21.5. The van der Waals surface area contributed by atoms with Crippen LogP contribution in [0, 0.1) is 17.0 Å². The number of nitro groups is 1. The second-order valence-electron chi connectivity index (χ2n) is 3.73. The number of rotatable bonds is 6. The molecule has 0 atom stereocenters. The van der Waals surface area contributed by atoms with E-state index in [4.69, 9.17) is 4.74 Å². The first-order valence-corrected chi connectivity index (χ1v) is 5.44. The highest BCUT2D eigenvalue weighted by atomic mass is 16.6. The van der Waals surface area contributed by atoms with E-state index in [0.717, 1.165) is 6.42 Å². The van der Waals surface area contributed by atoms with Gasteiger partial charge in [-0.25, -0.2) is 0 Å². The van der Waals surface area contributed by atoms with Crippen molar-refractivity contribution in [1.82, 2.24) is 0 Å². The first kappa shape index (κ1) is 13.2. The number of hydrogen-bond donors (Lipinski definition) is 0. The van der Waals surface area contributed by atoms with Gasteiger partial charge >= 0.3 is 0 Å². The van der Waals surface area contributed by atoms with Crippen molar-refractivity contribution in [2.24, 2.45) is 0 Å². The Labute approximate surface area is 99.5 Å². The van der Waals surface area contributed by atoms with Crippen molar-refractivity contribution in [1.29, 1.82) is 0 Å². The number of nitrogens with zero attached hydrogens (tertiary/aromatic N) is 1. The highest BCUT2D eigenvalue weighted by Crippen LogP contribution is 2.26. The zero-order valence-electron chi connectivity index (χ0n) is 9.93. The van der Waals surface area contributed by atoms with Gasteiger partial charge in [-0.15, -0.1) is 0 Å². The van der Waals surface area contributed by atoms with Crippen LogP contribution in [0.25, 0.3) is 0 Å². The summed E-state index contributed by atoms with van der Waals surface area (Å²) < 4.78 is 5.29. The molecule has 5 nitrogen and oxygen atoms in total. The molecule has 1 rings (SSSR count). The van der Waals surface area contributed by atoms with Gasteiger partial charge in [-0.05, 0) is 19.4 Å². The van der Waals surface area contributed by atoms with Gasteiger partial charge in [0.1, 0.15) is 12.4 Å². The normalized spacial score (nSPS) is 10.0. The Balaban J connectivity index is 2.75. The molecule has 5 heteroatoms. The maximum Gasteiger partial charge on any atom is 0.276 e. The lowest BCUT2D eigenvalue weighted by Crippen LogP contribution is -2.11. The van der Waals surface area contributed by atoms with Crippen molar-refractivity contribution in [2.75, 3.05) is 6.61 Å². The summed E-state index contributed by atoms with van der Waals surface area (Å²) in [6.07, 6.45) is 1.24. The van der Waals surface area contributed by atoms with Gasteiger partial charge in [0.15, 0.2) is 5.78 Å². The first-order chi connectivity index (χ1) is 8.06. The number of ether oxygens (including phenoxy) is 1. The molecule has 92 valence electrons. The molecule has 0 bridgehead atoms. The summed E-state index contributed by atoms with van der Waals surface area (Å²) in [5, 5.41) is 10.7. The minimum absolute atomic E-state index is 0.00148. The summed E-state index contributed by atoms with van der Waals surface area (Å²) in [6, 6.07) is 4.59. The molecule has 0 amide bonds. The van der Waals surface area contributed by atoms with Crippen molar-refractivity contribution in [2.45, 2.75) is 26.7 Å². The van der Waals surface area contributed by atoms with Crippen molar-refractivity contribution >= 4 is 11.5 Å². The van der Waals surface area contributed by atoms with Crippen molar-refractivity contribution in [3.8, 4) is 5.75 Å². The molecule has 0 saturated carbocycles. The summed E-state index contributed by atoms with van der Waals surface area (Å²) in [7, 11) is 0. The Hall–Kier alpha value is -1.91. The van der Waals surface area contributed by atoms with E-state index in [1.54, 1.807) is 19.1 Å².